The average Bonchev–Trinajstić information content (AvgIpc) is 2.97. The molecule has 11 heteroatoms. The number of nitrogens with zero attached hydrogens (tertiary/aromatic N) is 1. The summed E-state index contributed by atoms with van der Waals surface area (Å²) in [4.78, 5) is 36.8. The minimum absolute atomic E-state index is 0.116. The van der Waals surface area contributed by atoms with Gasteiger partial charge >= 0.3 is 5.97 Å². The number of hydrogen-bond donors (Lipinski definition) is 2. The summed E-state index contributed by atoms with van der Waals surface area (Å²) in [5.41, 5.74) is 4.20. The highest BCUT2D eigenvalue weighted by atomic mass is 16.6. The molecule has 0 heterocycles. The lowest BCUT2D eigenvalue weighted by molar-refractivity contribution is -0.115. The second kappa shape index (κ2) is 14.2. The Morgan fingerprint density at radius 2 is 1.48 bits per heavy atom. The lowest BCUT2D eigenvalue weighted by Gasteiger charge is -2.15. The Balaban J connectivity index is 1.71. The smallest absolute Gasteiger partial charge is 0.343 e. The molecular weight excluding hydrogens is 518 g/mol. The van der Waals surface area contributed by atoms with Crippen molar-refractivity contribution in [3.05, 3.63) is 71.3 Å². The molecule has 0 aliphatic rings. The Hall–Kier alpha value is -5.06. The number of benzene rings is 3. The minimum atomic E-state index is -0.658. The van der Waals surface area contributed by atoms with Crippen LogP contribution in [0.25, 0.3) is 0 Å². The molecule has 210 valence electrons. The maximum Gasteiger partial charge on any atom is 0.343 e. The topological polar surface area (TPSA) is 134 Å². The quantitative estimate of drug-likeness (QED) is 0.147. The van der Waals surface area contributed by atoms with Crippen LogP contribution < -0.4 is 34.4 Å². The van der Waals surface area contributed by atoms with E-state index in [1.54, 1.807) is 56.3 Å². The summed E-state index contributed by atoms with van der Waals surface area (Å²) in [6, 6.07) is 14.3. The fourth-order valence-corrected chi connectivity index (χ4v) is 3.50. The van der Waals surface area contributed by atoms with Gasteiger partial charge in [-0.05, 0) is 67.1 Å². The van der Waals surface area contributed by atoms with Crippen LogP contribution in [0.4, 0.5) is 5.69 Å². The van der Waals surface area contributed by atoms with E-state index in [1.165, 1.54) is 39.7 Å². The summed E-state index contributed by atoms with van der Waals surface area (Å²) in [6.45, 7) is 3.87. The zero-order valence-corrected chi connectivity index (χ0v) is 22.9. The van der Waals surface area contributed by atoms with Gasteiger partial charge in [-0.2, -0.15) is 5.10 Å². The van der Waals surface area contributed by atoms with Crippen molar-refractivity contribution in [2.75, 3.05) is 33.3 Å². The van der Waals surface area contributed by atoms with Gasteiger partial charge in [0.2, 0.25) is 11.7 Å². The number of amides is 2. The second-order valence-electron chi connectivity index (χ2n) is 8.12. The summed E-state index contributed by atoms with van der Waals surface area (Å²) in [7, 11) is 4.37. The molecule has 0 aromatic heterocycles. The van der Waals surface area contributed by atoms with E-state index in [9.17, 15) is 14.4 Å². The van der Waals surface area contributed by atoms with Crippen molar-refractivity contribution in [1.29, 1.82) is 0 Å². The number of carbonyl (C=O) groups excluding carboxylic acids is 3. The number of esters is 1. The van der Waals surface area contributed by atoms with Crippen molar-refractivity contribution in [2.45, 2.75) is 20.3 Å². The van der Waals surface area contributed by atoms with Crippen LogP contribution in [0.5, 0.6) is 28.7 Å². The molecular formula is C29H31N3O8. The normalized spacial score (nSPS) is 10.5. The number of rotatable bonds is 12. The molecule has 2 N–H and O–H groups in total. The van der Waals surface area contributed by atoms with Crippen molar-refractivity contribution in [1.82, 2.24) is 5.43 Å². The lowest BCUT2D eigenvalue weighted by atomic mass is 10.1. The molecule has 0 atom stereocenters. The van der Waals surface area contributed by atoms with Crippen LogP contribution >= 0.6 is 0 Å². The largest absolute Gasteiger partial charge is 0.493 e. The third kappa shape index (κ3) is 7.50. The first-order valence-corrected chi connectivity index (χ1v) is 12.4. The third-order valence-corrected chi connectivity index (χ3v) is 5.50. The van der Waals surface area contributed by atoms with E-state index in [4.69, 9.17) is 23.7 Å². The van der Waals surface area contributed by atoms with Crippen LogP contribution in [0.15, 0.2) is 59.7 Å². The maximum atomic E-state index is 12.9. The van der Waals surface area contributed by atoms with E-state index in [1.807, 2.05) is 0 Å². The molecule has 0 aliphatic carbocycles. The first kappa shape index (κ1) is 29.5. The Morgan fingerprint density at radius 1 is 0.800 bits per heavy atom. The molecule has 2 amide bonds. The Bertz CT molecular complexity index is 1360. The Kier molecular flexibility index (Phi) is 10.5. The highest BCUT2D eigenvalue weighted by molar-refractivity contribution is 5.96. The van der Waals surface area contributed by atoms with Crippen LogP contribution in [0.1, 0.15) is 46.5 Å². The summed E-state index contributed by atoms with van der Waals surface area (Å²) in [5.74, 6) is 0.276. The van der Waals surface area contributed by atoms with E-state index in [0.29, 0.717) is 52.8 Å². The predicted octanol–water partition coefficient (Wildman–Crippen LogP) is 4.44. The SMILES string of the molecule is CCOc1cc(/C=N/NC(=O)c2ccc(NC(=O)CC)cc2)ccc1OC(=O)c1cc(OC)c(OC)c(OC)c1. The predicted molar refractivity (Wildman–Crippen MR) is 149 cm³/mol. The first-order valence-electron chi connectivity index (χ1n) is 12.4. The maximum absolute atomic E-state index is 12.9. The van der Waals surface area contributed by atoms with Gasteiger partial charge in [0, 0.05) is 17.7 Å². The molecule has 40 heavy (non-hydrogen) atoms. The van der Waals surface area contributed by atoms with E-state index >= 15 is 0 Å². The summed E-state index contributed by atoms with van der Waals surface area (Å²) in [6.07, 6.45) is 1.79. The molecule has 0 unspecified atom stereocenters. The highest BCUT2D eigenvalue weighted by Crippen LogP contribution is 2.39. The van der Waals surface area contributed by atoms with Gasteiger partial charge in [0.05, 0.1) is 39.7 Å². The number of methoxy groups -OCH3 is 3. The molecule has 3 aromatic carbocycles. The van der Waals surface area contributed by atoms with Crippen molar-refractivity contribution in [3.63, 3.8) is 0 Å². The van der Waals surface area contributed by atoms with Crippen LogP contribution in [-0.2, 0) is 4.79 Å². The van der Waals surface area contributed by atoms with Crippen LogP contribution in [0, 0.1) is 0 Å². The monoisotopic (exact) mass is 549 g/mol. The molecule has 0 aliphatic heterocycles. The van der Waals surface area contributed by atoms with Crippen molar-refractivity contribution < 1.29 is 38.1 Å². The number of carbonyl (C=O) groups is 3. The van der Waals surface area contributed by atoms with Crippen molar-refractivity contribution in [2.24, 2.45) is 5.10 Å². The van der Waals surface area contributed by atoms with Gasteiger partial charge in [-0.3, -0.25) is 9.59 Å². The summed E-state index contributed by atoms with van der Waals surface area (Å²) in [5, 5.41) is 6.72. The average molecular weight is 550 g/mol. The molecule has 0 saturated heterocycles. The molecule has 0 spiro atoms. The van der Waals surface area contributed by atoms with E-state index in [0.717, 1.165) is 0 Å². The van der Waals surface area contributed by atoms with Crippen molar-refractivity contribution in [3.8, 4) is 28.7 Å². The van der Waals surface area contributed by atoms with E-state index < -0.39 is 11.9 Å². The molecule has 3 rings (SSSR count). The first-order chi connectivity index (χ1) is 19.3. The molecule has 0 radical (unpaired) electrons. The molecule has 0 bridgehead atoms. The van der Waals surface area contributed by atoms with Gasteiger partial charge in [0.25, 0.3) is 5.91 Å². The van der Waals surface area contributed by atoms with Crippen LogP contribution in [0.2, 0.25) is 0 Å². The highest BCUT2D eigenvalue weighted by Gasteiger charge is 2.20. The zero-order valence-electron chi connectivity index (χ0n) is 22.9. The second-order valence-corrected chi connectivity index (χ2v) is 8.12. The summed E-state index contributed by atoms with van der Waals surface area (Å²) < 4.78 is 27.2. The fraction of sp³-hybridized carbons (Fsp3) is 0.241. The molecule has 0 saturated carbocycles. The van der Waals surface area contributed by atoms with E-state index in [2.05, 4.69) is 15.8 Å². The van der Waals surface area contributed by atoms with E-state index in [-0.39, 0.29) is 17.2 Å². The molecule has 0 fully saturated rings. The number of ether oxygens (including phenoxy) is 5. The Morgan fingerprint density at radius 3 is 2.05 bits per heavy atom. The molecule has 3 aromatic rings. The lowest BCUT2D eigenvalue weighted by Crippen LogP contribution is -2.17. The van der Waals surface area contributed by atoms with Crippen LogP contribution in [-0.4, -0.2) is 51.9 Å². The van der Waals surface area contributed by atoms with Crippen molar-refractivity contribution >= 4 is 29.7 Å². The Labute approximate surface area is 232 Å². The number of hydrogen-bond acceptors (Lipinski definition) is 9. The van der Waals surface area contributed by atoms with Crippen LogP contribution in [0.3, 0.4) is 0 Å². The van der Waals surface area contributed by atoms with Gasteiger partial charge in [-0.15, -0.1) is 0 Å². The number of anilines is 1. The third-order valence-electron chi connectivity index (χ3n) is 5.50. The van der Waals surface area contributed by atoms with Gasteiger partial charge in [0.1, 0.15) is 0 Å². The summed E-state index contributed by atoms with van der Waals surface area (Å²) >= 11 is 0. The van der Waals surface area contributed by atoms with Gasteiger partial charge < -0.3 is 29.0 Å². The zero-order chi connectivity index (χ0) is 29.1. The minimum Gasteiger partial charge on any atom is -0.493 e. The standard InChI is InChI=1S/C29H31N3O8/c1-6-26(33)31-21-11-9-19(10-12-21)28(34)32-30-17-18-8-13-22(23(14-18)39-7-2)40-29(35)20-15-24(36-3)27(38-5)25(16-20)37-4/h8-17H,6-7H2,1-5H3,(H,31,33)(H,32,34)/b30-17+. The number of nitrogens with one attached hydrogen (secondary N) is 2. The number of hydrazone groups is 1. The van der Waals surface area contributed by atoms with Gasteiger partial charge in [0.15, 0.2) is 23.0 Å². The van der Waals surface area contributed by atoms with Gasteiger partial charge in [-0.25, -0.2) is 10.2 Å². The fourth-order valence-electron chi connectivity index (χ4n) is 3.50. The molecule has 11 nitrogen and oxygen atoms in total. The van der Waals surface area contributed by atoms with Gasteiger partial charge in [-0.1, -0.05) is 6.92 Å².